The minimum absolute atomic E-state index is 0.0446. The zero-order valence-corrected chi connectivity index (χ0v) is 13.1. The number of benzene rings is 1. The molecule has 0 atom stereocenters. The van der Waals surface area contributed by atoms with E-state index in [1.165, 1.54) is 4.88 Å². The van der Waals surface area contributed by atoms with E-state index in [9.17, 15) is 9.59 Å². The molecule has 0 saturated heterocycles. The van der Waals surface area contributed by atoms with Crippen LogP contribution in [-0.4, -0.2) is 25.5 Å². The minimum atomic E-state index is -0.203. The monoisotopic (exact) mass is 318 g/mol. The van der Waals surface area contributed by atoms with Gasteiger partial charge in [-0.2, -0.15) is 0 Å². The van der Waals surface area contributed by atoms with Crippen molar-refractivity contribution < 1.29 is 14.3 Å². The van der Waals surface area contributed by atoms with Crippen molar-refractivity contribution in [2.24, 2.45) is 0 Å². The third-order valence-electron chi connectivity index (χ3n) is 2.95. The molecule has 0 aliphatic heterocycles. The third-order valence-corrected chi connectivity index (χ3v) is 3.88. The van der Waals surface area contributed by atoms with Crippen molar-refractivity contribution in [3.63, 3.8) is 0 Å². The summed E-state index contributed by atoms with van der Waals surface area (Å²) in [7, 11) is 1.55. The van der Waals surface area contributed by atoms with Crippen molar-refractivity contribution in [2.75, 3.05) is 19.0 Å². The molecule has 0 aliphatic carbocycles. The maximum absolute atomic E-state index is 11.9. The number of hydrogen-bond donors (Lipinski definition) is 2. The van der Waals surface area contributed by atoms with Crippen molar-refractivity contribution in [3.8, 4) is 5.75 Å². The Kier molecular flexibility index (Phi) is 5.97. The van der Waals surface area contributed by atoms with E-state index in [1.54, 1.807) is 42.6 Å². The number of hydrogen-bond acceptors (Lipinski definition) is 4. The molecule has 1 heterocycles. The lowest BCUT2D eigenvalue weighted by molar-refractivity contribution is -0.122. The maximum Gasteiger partial charge on any atom is 0.257 e. The van der Waals surface area contributed by atoms with Crippen LogP contribution in [0.2, 0.25) is 0 Å². The van der Waals surface area contributed by atoms with Gasteiger partial charge in [-0.25, -0.2) is 0 Å². The lowest BCUT2D eigenvalue weighted by Gasteiger charge is -2.08. The van der Waals surface area contributed by atoms with Crippen LogP contribution in [0.3, 0.4) is 0 Å². The summed E-state index contributed by atoms with van der Waals surface area (Å²) in [6, 6.07) is 11.0. The molecule has 1 aromatic carbocycles. The second-order valence-electron chi connectivity index (χ2n) is 4.62. The molecular formula is C16H18N2O3S. The van der Waals surface area contributed by atoms with E-state index in [4.69, 9.17) is 4.74 Å². The predicted octanol–water partition coefficient (Wildman–Crippen LogP) is 2.44. The summed E-state index contributed by atoms with van der Waals surface area (Å²) in [5, 5.41) is 7.31. The highest BCUT2D eigenvalue weighted by Crippen LogP contribution is 2.18. The number of likely N-dealkylation sites (N-methyl/N-ethyl adjacent to an activating group) is 1. The molecule has 0 aliphatic rings. The Bertz CT molecular complexity index is 626. The van der Waals surface area contributed by atoms with Gasteiger partial charge in [-0.1, -0.05) is 12.1 Å². The van der Waals surface area contributed by atoms with E-state index in [0.29, 0.717) is 17.9 Å². The number of amides is 2. The van der Waals surface area contributed by atoms with Crippen LogP contribution in [0.4, 0.5) is 5.69 Å². The van der Waals surface area contributed by atoms with Crippen molar-refractivity contribution in [2.45, 2.75) is 12.8 Å². The Morgan fingerprint density at radius 2 is 2.05 bits per heavy atom. The standard InChI is InChI=1S/C16H18N2O3S/c1-17-16(20)11-21-13-5-2-4-12(10-13)18-15(19)8-7-14-6-3-9-22-14/h2-6,9-10H,7-8,11H2,1H3,(H,17,20)(H,18,19). The fraction of sp³-hybridized carbons (Fsp3) is 0.250. The Balaban J connectivity index is 1.84. The van der Waals surface area contributed by atoms with Crippen molar-refractivity contribution in [3.05, 3.63) is 46.7 Å². The van der Waals surface area contributed by atoms with Crippen molar-refractivity contribution in [1.29, 1.82) is 0 Å². The van der Waals surface area contributed by atoms with Gasteiger partial charge in [-0.05, 0) is 30.0 Å². The lowest BCUT2D eigenvalue weighted by atomic mass is 10.2. The van der Waals surface area contributed by atoms with Gasteiger partial charge in [0, 0.05) is 30.1 Å². The predicted molar refractivity (Wildman–Crippen MR) is 87.3 cm³/mol. The number of ether oxygens (including phenoxy) is 1. The van der Waals surface area contributed by atoms with E-state index in [1.807, 2.05) is 17.5 Å². The lowest BCUT2D eigenvalue weighted by Crippen LogP contribution is -2.24. The van der Waals surface area contributed by atoms with E-state index in [2.05, 4.69) is 10.6 Å². The van der Waals surface area contributed by atoms with E-state index < -0.39 is 0 Å². The molecular weight excluding hydrogens is 300 g/mol. The van der Waals surface area contributed by atoms with Crippen molar-refractivity contribution >= 4 is 28.8 Å². The fourth-order valence-corrected chi connectivity index (χ4v) is 2.51. The number of aryl methyl sites for hydroxylation is 1. The Labute approximate surface area is 133 Å². The first-order chi connectivity index (χ1) is 10.7. The molecule has 0 radical (unpaired) electrons. The van der Waals surface area contributed by atoms with Gasteiger partial charge in [-0.15, -0.1) is 11.3 Å². The smallest absolute Gasteiger partial charge is 0.257 e. The van der Waals surface area contributed by atoms with Crippen LogP contribution in [0, 0.1) is 0 Å². The van der Waals surface area contributed by atoms with Gasteiger partial charge in [0.1, 0.15) is 5.75 Å². The van der Waals surface area contributed by atoms with Crippen LogP contribution in [0.15, 0.2) is 41.8 Å². The summed E-state index contributed by atoms with van der Waals surface area (Å²) in [6.45, 7) is -0.0493. The average molecular weight is 318 g/mol. The molecule has 0 bridgehead atoms. The van der Waals surface area contributed by atoms with Crippen LogP contribution in [-0.2, 0) is 16.0 Å². The summed E-state index contributed by atoms with van der Waals surface area (Å²) in [4.78, 5) is 24.3. The van der Waals surface area contributed by atoms with Crippen molar-refractivity contribution in [1.82, 2.24) is 5.32 Å². The molecule has 0 unspecified atom stereocenters. The van der Waals surface area contributed by atoms with E-state index >= 15 is 0 Å². The largest absolute Gasteiger partial charge is 0.484 e. The first kappa shape index (κ1) is 16.0. The van der Waals surface area contributed by atoms with Gasteiger partial charge in [0.15, 0.2) is 6.61 Å². The zero-order valence-electron chi connectivity index (χ0n) is 12.3. The first-order valence-electron chi connectivity index (χ1n) is 6.93. The van der Waals surface area contributed by atoms with Crippen LogP contribution in [0.25, 0.3) is 0 Å². The molecule has 0 spiro atoms. The van der Waals surface area contributed by atoms with E-state index in [-0.39, 0.29) is 18.4 Å². The zero-order chi connectivity index (χ0) is 15.8. The highest BCUT2D eigenvalue weighted by Gasteiger charge is 2.05. The van der Waals surface area contributed by atoms with Gasteiger partial charge < -0.3 is 15.4 Å². The molecule has 2 amide bonds. The van der Waals surface area contributed by atoms with Gasteiger partial charge in [0.05, 0.1) is 0 Å². The minimum Gasteiger partial charge on any atom is -0.484 e. The second-order valence-corrected chi connectivity index (χ2v) is 5.65. The average Bonchev–Trinajstić information content (AvgIpc) is 3.04. The van der Waals surface area contributed by atoms with Crippen LogP contribution in [0.1, 0.15) is 11.3 Å². The molecule has 2 N–H and O–H groups in total. The van der Waals surface area contributed by atoms with Crippen LogP contribution in [0.5, 0.6) is 5.75 Å². The number of anilines is 1. The second kappa shape index (κ2) is 8.19. The Morgan fingerprint density at radius 1 is 1.18 bits per heavy atom. The van der Waals surface area contributed by atoms with Gasteiger partial charge in [-0.3, -0.25) is 9.59 Å². The number of rotatable bonds is 7. The Morgan fingerprint density at radius 3 is 2.77 bits per heavy atom. The quantitative estimate of drug-likeness (QED) is 0.824. The first-order valence-corrected chi connectivity index (χ1v) is 7.81. The van der Waals surface area contributed by atoms with Gasteiger partial charge in [0.25, 0.3) is 5.91 Å². The maximum atomic E-state index is 11.9. The summed E-state index contributed by atoms with van der Waals surface area (Å²) >= 11 is 1.65. The number of carbonyl (C=O) groups is 2. The summed E-state index contributed by atoms with van der Waals surface area (Å²) in [5.74, 6) is 0.293. The summed E-state index contributed by atoms with van der Waals surface area (Å²) in [5.41, 5.74) is 0.658. The summed E-state index contributed by atoms with van der Waals surface area (Å²) in [6.07, 6.45) is 1.17. The Hall–Kier alpha value is -2.34. The molecule has 22 heavy (non-hydrogen) atoms. The molecule has 1 aromatic heterocycles. The molecule has 0 saturated carbocycles. The highest BCUT2D eigenvalue weighted by molar-refractivity contribution is 7.09. The van der Waals surface area contributed by atoms with Crippen LogP contribution < -0.4 is 15.4 Å². The van der Waals surface area contributed by atoms with E-state index in [0.717, 1.165) is 6.42 Å². The summed E-state index contributed by atoms with van der Waals surface area (Å²) < 4.78 is 5.34. The fourth-order valence-electron chi connectivity index (χ4n) is 1.80. The SMILES string of the molecule is CNC(=O)COc1cccc(NC(=O)CCc2cccs2)c1. The normalized spacial score (nSPS) is 10.0. The number of nitrogens with one attached hydrogen (secondary N) is 2. The number of carbonyl (C=O) groups excluding carboxylic acids is 2. The molecule has 2 aromatic rings. The molecule has 6 heteroatoms. The molecule has 0 fully saturated rings. The molecule has 116 valence electrons. The van der Waals surface area contributed by atoms with Gasteiger partial charge in [0.2, 0.25) is 5.91 Å². The molecule has 5 nitrogen and oxygen atoms in total. The topological polar surface area (TPSA) is 67.4 Å². The number of thiophene rings is 1. The van der Waals surface area contributed by atoms with Crippen LogP contribution >= 0.6 is 11.3 Å². The van der Waals surface area contributed by atoms with Gasteiger partial charge >= 0.3 is 0 Å². The molecule has 2 rings (SSSR count). The third kappa shape index (κ3) is 5.21. The highest BCUT2D eigenvalue weighted by atomic mass is 32.1.